The van der Waals surface area contributed by atoms with E-state index in [1.54, 1.807) is 0 Å². The van der Waals surface area contributed by atoms with Crippen LogP contribution in [0.1, 0.15) is 49.7 Å². The van der Waals surface area contributed by atoms with E-state index in [0.29, 0.717) is 19.4 Å². The first kappa shape index (κ1) is 17.7. The van der Waals surface area contributed by atoms with Crippen LogP contribution in [0.15, 0.2) is 36.4 Å². The fraction of sp³-hybridized carbons (Fsp3) is 0.524. The first-order valence-electron chi connectivity index (χ1n) is 9.51. The molecule has 0 radical (unpaired) electrons. The molecule has 0 fully saturated rings. The van der Waals surface area contributed by atoms with Gasteiger partial charge in [-0.3, -0.25) is 9.59 Å². The molecule has 1 aliphatic heterocycles. The third-order valence-corrected chi connectivity index (χ3v) is 5.21. The molecule has 0 saturated heterocycles. The summed E-state index contributed by atoms with van der Waals surface area (Å²) in [6.07, 6.45) is 10.3. The highest BCUT2D eigenvalue weighted by Crippen LogP contribution is 2.20. The van der Waals surface area contributed by atoms with Crippen molar-refractivity contribution in [2.75, 3.05) is 13.1 Å². The monoisotopic (exact) mass is 340 g/mol. The van der Waals surface area contributed by atoms with Gasteiger partial charge in [0.25, 0.3) is 0 Å². The third-order valence-electron chi connectivity index (χ3n) is 5.21. The topological polar surface area (TPSA) is 49.4 Å². The largest absolute Gasteiger partial charge is 0.356 e. The summed E-state index contributed by atoms with van der Waals surface area (Å²) < 4.78 is 0. The molecule has 134 valence electrons. The minimum Gasteiger partial charge on any atom is -0.356 e. The van der Waals surface area contributed by atoms with Crippen LogP contribution in [0.3, 0.4) is 0 Å². The average molecular weight is 340 g/mol. The number of carbonyl (C=O) groups is 2. The molecule has 4 nitrogen and oxygen atoms in total. The van der Waals surface area contributed by atoms with Crippen molar-refractivity contribution in [3.63, 3.8) is 0 Å². The molecule has 3 rings (SSSR count). The van der Waals surface area contributed by atoms with Crippen LogP contribution in [0.2, 0.25) is 0 Å². The molecule has 1 aliphatic carbocycles. The lowest BCUT2D eigenvalue weighted by Crippen LogP contribution is -2.34. The molecule has 0 saturated carbocycles. The molecule has 1 aromatic carbocycles. The quantitative estimate of drug-likeness (QED) is 0.661. The number of carbonyl (C=O) groups excluding carboxylic acids is 2. The van der Waals surface area contributed by atoms with Crippen LogP contribution >= 0.6 is 0 Å². The van der Waals surface area contributed by atoms with E-state index in [1.807, 2.05) is 11.0 Å². The Morgan fingerprint density at radius 2 is 2.00 bits per heavy atom. The molecule has 0 bridgehead atoms. The van der Waals surface area contributed by atoms with E-state index in [2.05, 4.69) is 35.7 Å². The van der Waals surface area contributed by atoms with Gasteiger partial charge in [0, 0.05) is 32.0 Å². The van der Waals surface area contributed by atoms with Crippen LogP contribution in [0, 0.1) is 5.92 Å². The first-order valence-corrected chi connectivity index (χ1v) is 9.51. The number of fused-ring (bicyclic) bond motifs is 1. The molecule has 4 heteroatoms. The van der Waals surface area contributed by atoms with Gasteiger partial charge in [-0.05, 0) is 49.7 Å². The highest BCUT2D eigenvalue weighted by atomic mass is 16.2. The van der Waals surface area contributed by atoms with Crippen LogP contribution in [0.4, 0.5) is 0 Å². The van der Waals surface area contributed by atoms with Gasteiger partial charge in [0.2, 0.25) is 11.8 Å². The zero-order valence-corrected chi connectivity index (χ0v) is 14.9. The minimum atomic E-state index is 0.114. The lowest BCUT2D eigenvalue weighted by Gasteiger charge is -2.21. The molecule has 25 heavy (non-hydrogen) atoms. The average Bonchev–Trinajstić information content (AvgIpc) is 2.88. The van der Waals surface area contributed by atoms with E-state index in [4.69, 9.17) is 0 Å². The predicted octanol–water partition coefficient (Wildman–Crippen LogP) is 3.21. The Morgan fingerprint density at radius 1 is 1.16 bits per heavy atom. The maximum Gasteiger partial charge on any atom is 0.223 e. The second-order valence-corrected chi connectivity index (χ2v) is 7.06. The molecule has 1 aromatic rings. The number of amides is 2. The second kappa shape index (κ2) is 8.84. The summed E-state index contributed by atoms with van der Waals surface area (Å²) in [5, 5.41) is 3.00. The third kappa shape index (κ3) is 4.94. The number of hydrogen-bond donors (Lipinski definition) is 1. The molecule has 1 heterocycles. The number of benzene rings is 1. The molecular weight excluding hydrogens is 312 g/mol. The van der Waals surface area contributed by atoms with Crippen molar-refractivity contribution < 1.29 is 9.59 Å². The minimum absolute atomic E-state index is 0.114. The van der Waals surface area contributed by atoms with Crippen LogP contribution in [0.25, 0.3) is 0 Å². The SMILES string of the molecule is O=C(NCCCC(=O)N1CCCc2ccccc2C1)[C@@H]1CC=CCC1. The zero-order valence-electron chi connectivity index (χ0n) is 14.9. The Balaban J connectivity index is 1.40. The molecule has 2 aliphatic rings. The summed E-state index contributed by atoms with van der Waals surface area (Å²) in [6.45, 7) is 2.14. The van der Waals surface area contributed by atoms with Crippen molar-refractivity contribution >= 4 is 11.8 Å². The van der Waals surface area contributed by atoms with Crippen LogP contribution < -0.4 is 5.32 Å². The fourth-order valence-electron chi connectivity index (χ4n) is 3.70. The normalized spacial score (nSPS) is 19.8. The molecule has 2 amide bonds. The zero-order chi connectivity index (χ0) is 17.5. The van der Waals surface area contributed by atoms with E-state index in [1.165, 1.54) is 11.1 Å². The molecule has 1 atom stereocenters. The second-order valence-electron chi connectivity index (χ2n) is 7.06. The van der Waals surface area contributed by atoms with Crippen LogP contribution in [-0.2, 0) is 22.6 Å². The number of hydrogen-bond acceptors (Lipinski definition) is 2. The molecule has 0 aromatic heterocycles. The number of allylic oxidation sites excluding steroid dienone is 2. The molecule has 1 N–H and O–H groups in total. The summed E-state index contributed by atoms with van der Waals surface area (Å²) in [4.78, 5) is 26.6. The Morgan fingerprint density at radius 3 is 2.80 bits per heavy atom. The van der Waals surface area contributed by atoms with E-state index in [-0.39, 0.29) is 17.7 Å². The summed E-state index contributed by atoms with van der Waals surface area (Å²) in [6, 6.07) is 8.41. The highest BCUT2D eigenvalue weighted by Gasteiger charge is 2.20. The Kier molecular flexibility index (Phi) is 6.26. The van der Waals surface area contributed by atoms with Gasteiger partial charge < -0.3 is 10.2 Å². The first-order chi connectivity index (χ1) is 12.2. The summed E-state index contributed by atoms with van der Waals surface area (Å²) in [5.41, 5.74) is 2.64. The van der Waals surface area contributed by atoms with Gasteiger partial charge in [0.1, 0.15) is 0 Å². The lowest BCUT2D eigenvalue weighted by molar-refractivity contribution is -0.132. The van der Waals surface area contributed by atoms with E-state index < -0.39 is 0 Å². The predicted molar refractivity (Wildman–Crippen MR) is 98.9 cm³/mol. The number of rotatable bonds is 5. The maximum atomic E-state index is 12.5. The van der Waals surface area contributed by atoms with E-state index >= 15 is 0 Å². The summed E-state index contributed by atoms with van der Waals surface area (Å²) in [7, 11) is 0. The van der Waals surface area contributed by atoms with Crippen molar-refractivity contribution in [2.24, 2.45) is 5.92 Å². The summed E-state index contributed by atoms with van der Waals surface area (Å²) in [5.74, 6) is 0.454. The lowest BCUT2D eigenvalue weighted by atomic mass is 9.94. The van der Waals surface area contributed by atoms with Gasteiger partial charge in [0.05, 0.1) is 0 Å². The van der Waals surface area contributed by atoms with Gasteiger partial charge in [0.15, 0.2) is 0 Å². The Hall–Kier alpha value is -2.10. The van der Waals surface area contributed by atoms with Gasteiger partial charge in [-0.15, -0.1) is 0 Å². The van der Waals surface area contributed by atoms with Crippen molar-refractivity contribution in [3.8, 4) is 0 Å². The molecular formula is C21H28N2O2. The van der Waals surface area contributed by atoms with Gasteiger partial charge in [-0.25, -0.2) is 0 Å². The highest BCUT2D eigenvalue weighted by molar-refractivity contribution is 5.79. The van der Waals surface area contributed by atoms with Crippen molar-refractivity contribution in [1.29, 1.82) is 0 Å². The van der Waals surface area contributed by atoms with Crippen molar-refractivity contribution in [3.05, 3.63) is 47.5 Å². The standard InChI is InChI=1S/C21H28N2O2/c24-20(13-6-14-22-21(25)18-9-2-1-3-10-18)23-15-7-12-17-8-4-5-11-19(17)16-23/h1-2,4-5,8,11,18H,3,6-7,9-10,12-16H2,(H,22,25)/t18-/m1/s1. The fourth-order valence-corrected chi connectivity index (χ4v) is 3.70. The van der Waals surface area contributed by atoms with Crippen LogP contribution in [-0.4, -0.2) is 29.8 Å². The Labute approximate surface area is 150 Å². The van der Waals surface area contributed by atoms with Gasteiger partial charge in [-0.2, -0.15) is 0 Å². The number of aryl methyl sites for hydroxylation is 1. The van der Waals surface area contributed by atoms with Gasteiger partial charge >= 0.3 is 0 Å². The van der Waals surface area contributed by atoms with E-state index in [9.17, 15) is 9.59 Å². The van der Waals surface area contributed by atoms with Crippen molar-refractivity contribution in [1.82, 2.24) is 10.2 Å². The van der Waals surface area contributed by atoms with Gasteiger partial charge in [-0.1, -0.05) is 36.4 Å². The van der Waals surface area contributed by atoms with Crippen LogP contribution in [0.5, 0.6) is 0 Å². The van der Waals surface area contributed by atoms with Crippen molar-refractivity contribution in [2.45, 2.75) is 51.5 Å². The molecule has 0 spiro atoms. The summed E-state index contributed by atoms with van der Waals surface area (Å²) >= 11 is 0. The van der Waals surface area contributed by atoms with E-state index in [0.717, 1.165) is 45.2 Å². The molecule has 0 unspecified atom stereocenters. The number of nitrogens with one attached hydrogen (secondary N) is 1. The number of nitrogens with zero attached hydrogens (tertiary/aromatic N) is 1. The maximum absolute atomic E-state index is 12.5. The smallest absolute Gasteiger partial charge is 0.223 e. The Bertz CT molecular complexity index is 639.